The monoisotopic (exact) mass is 364 g/mol. The van der Waals surface area contributed by atoms with Crippen LogP contribution in [-0.4, -0.2) is 30.3 Å². The van der Waals surface area contributed by atoms with Gasteiger partial charge < -0.3 is 10.6 Å². The number of nitrogens with one attached hydrogen (secondary N) is 2. The normalized spacial score (nSPS) is 20.0. The highest BCUT2D eigenvalue weighted by Gasteiger charge is 2.25. The molecule has 1 aliphatic rings. The Labute approximate surface area is 152 Å². The van der Waals surface area contributed by atoms with Crippen molar-refractivity contribution in [1.82, 2.24) is 10.6 Å². The average Bonchev–Trinajstić information content (AvgIpc) is 3.11. The van der Waals surface area contributed by atoms with Crippen LogP contribution in [0.2, 0.25) is 0 Å². The molecule has 1 amide bonds. The molecular weight excluding hydrogens is 344 g/mol. The van der Waals surface area contributed by atoms with E-state index >= 15 is 0 Å². The number of amides is 1. The van der Waals surface area contributed by atoms with Gasteiger partial charge in [-0.3, -0.25) is 9.59 Å². The van der Waals surface area contributed by atoms with Crippen molar-refractivity contribution in [2.45, 2.75) is 31.8 Å². The minimum Gasteiger partial charge on any atom is -0.348 e. The van der Waals surface area contributed by atoms with Crippen LogP contribution in [0.15, 0.2) is 41.8 Å². The van der Waals surface area contributed by atoms with Crippen molar-refractivity contribution >= 4 is 35.4 Å². The van der Waals surface area contributed by atoms with E-state index in [0.717, 1.165) is 19.4 Å². The zero-order valence-electron chi connectivity index (χ0n) is 13.5. The Bertz CT molecular complexity index is 703. The van der Waals surface area contributed by atoms with Crippen molar-refractivity contribution in [2.75, 3.05) is 6.54 Å². The van der Waals surface area contributed by atoms with Gasteiger partial charge in [0.2, 0.25) is 5.78 Å². The van der Waals surface area contributed by atoms with Gasteiger partial charge >= 0.3 is 0 Å². The van der Waals surface area contributed by atoms with Crippen LogP contribution in [-0.2, 0) is 0 Å². The van der Waals surface area contributed by atoms with Crippen LogP contribution in [0.25, 0.3) is 0 Å². The Balaban J connectivity index is 0.00000208. The second kappa shape index (κ2) is 8.42. The number of carbonyl (C=O) groups is 2. The fourth-order valence-corrected chi connectivity index (χ4v) is 3.58. The number of benzene rings is 1. The summed E-state index contributed by atoms with van der Waals surface area (Å²) in [6, 6.07) is 11.0. The number of halogens is 1. The van der Waals surface area contributed by atoms with E-state index in [1.165, 1.54) is 11.3 Å². The number of hydrogen-bond acceptors (Lipinski definition) is 4. The zero-order valence-corrected chi connectivity index (χ0v) is 15.1. The highest BCUT2D eigenvalue weighted by molar-refractivity contribution is 7.12. The average molecular weight is 365 g/mol. The van der Waals surface area contributed by atoms with Crippen LogP contribution in [0.4, 0.5) is 0 Å². The molecule has 0 radical (unpaired) electrons. The maximum Gasteiger partial charge on any atom is 0.252 e. The second-order valence-electron chi connectivity index (χ2n) is 5.82. The SMILES string of the molecule is CC1NCCCC1NC(=O)c1ccccc1C(=O)c1cccs1.Cl. The summed E-state index contributed by atoms with van der Waals surface area (Å²) in [5.74, 6) is -0.272. The van der Waals surface area contributed by atoms with Gasteiger partial charge in [-0.05, 0) is 43.8 Å². The van der Waals surface area contributed by atoms with Crippen molar-refractivity contribution in [1.29, 1.82) is 0 Å². The Morgan fingerprint density at radius 3 is 2.58 bits per heavy atom. The first-order valence-corrected chi connectivity index (χ1v) is 8.76. The molecule has 2 heterocycles. The molecule has 1 aliphatic heterocycles. The standard InChI is InChI=1S/C18H20N2O2S.ClH/c1-12-15(8-4-10-19-12)20-18(22)14-7-3-2-6-13(14)17(21)16-9-5-11-23-16;/h2-3,5-7,9,11-12,15,19H,4,8,10H2,1H3,(H,20,22);1H. The predicted molar refractivity (Wildman–Crippen MR) is 99.4 cm³/mol. The van der Waals surface area contributed by atoms with Crippen LogP contribution in [0.1, 0.15) is 45.4 Å². The molecule has 2 atom stereocenters. The van der Waals surface area contributed by atoms with E-state index < -0.39 is 0 Å². The molecular formula is C18H21ClN2O2S. The summed E-state index contributed by atoms with van der Waals surface area (Å²) in [5.41, 5.74) is 0.910. The number of carbonyl (C=O) groups excluding carboxylic acids is 2. The molecule has 2 N–H and O–H groups in total. The second-order valence-corrected chi connectivity index (χ2v) is 6.76. The topological polar surface area (TPSA) is 58.2 Å². The summed E-state index contributed by atoms with van der Waals surface area (Å²) < 4.78 is 0. The van der Waals surface area contributed by atoms with E-state index in [-0.39, 0.29) is 36.2 Å². The number of ketones is 1. The lowest BCUT2D eigenvalue weighted by Gasteiger charge is -2.30. The first-order chi connectivity index (χ1) is 11.2. The van der Waals surface area contributed by atoms with Gasteiger partial charge in [-0.2, -0.15) is 0 Å². The maximum absolute atomic E-state index is 12.7. The third-order valence-corrected chi connectivity index (χ3v) is 5.11. The molecule has 4 nitrogen and oxygen atoms in total. The summed E-state index contributed by atoms with van der Waals surface area (Å²) in [6.07, 6.45) is 2.01. The summed E-state index contributed by atoms with van der Waals surface area (Å²) in [5, 5.41) is 8.31. The molecule has 1 aromatic carbocycles. The molecule has 0 saturated carbocycles. The lowest BCUT2D eigenvalue weighted by molar-refractivity contribution is 0.0911. The maximum atomic E-state index is 12.7. The van der Waals surface area contributed by atoms with Crippen molar-refractivity contribution in [2.24, 2.45) is 0 Å². The van der Waals surface area contributed by atoms with E-state index in [1.807, 2.05) is 11.4 Å². The van der Waals surface area contributed by atoms with Gasteiger partial charge in [0.1, 0.15) is 0 Å². The van der Waals surface area contributed by atoms with Crippen molar-refractivity contribution in [3.8, 4) is 0 Å². The van der Waals surface area contributed by atoms with Gasteiger partial charge in [0.25, 0.3) is 5.91 Å². The van der Waals surface area contributed by atoms with E-state index in [4.69, 9.17) is 0 Å². The number of rotatable bonds is 4. The molecule has 1 aromatic heterocycles. The molecule has 2 aromatic rings. The van der Waals surface area contributed by atoms with E-state index in [0.29, 0.717) is 16.0 Å². The van der Waals surface area contributed by atoms with E-state index in [2.05, 4.69) is 17.6 Å². The molecule has 1 saturated heterocycles. The number of thiophene rings is 1. The Morgan fingerprint density at radius 1 is 1.17 bits per heavy atom. The third-order valence-electron chi connectivity index (χ3n) is 4.24. The molecule has 0 spiro atoms. The first kappa shape index (κ1) is 18.6. The summed E-state index contributed by atoms with van der Waals surface area (Å²) in [4.78, 5) is 25.9. The van der Waals surface area contributed by atoms with Crippen LogP contribution >= 0.6 is 23.7 Å². The Hall–Kier alpha value is -1.69. The molecule has 0 bridgehead atoms. The lowest BCUT2D eigenvalue weighted by Crippen LogP contribution is -2.52. The van der Waals surface area contributed by atoms with Gasteiger partial charge in [0, 0.05) is 17.6 Å². The fourth-order valence-electron chi connectivity index (χ4n) is 2.91. The van der Waals surface area contributed by atoms with Crippen LogP contribution in [0.5, 0.6) is 0 Å². The summed E-state index contributed by atoms with van der Waals surface area (Å²) in [6.45, 7) is 3.06. The van der Waals surface area contributed by atoms with Gasteiger partial charge in [-0.15, -0.1) is 23.7 Å². The fraction of sp³-hybridized carbons (Fsp3) is 0.333. The minimum absolute atomic E-state index is 0. The minimum atomic E-state index is -0.175. The molecule has 6 heteroatoms. The van der Waals surface area contributed by atoms with Gasteiger partial charge in [-0.25, -0.2) is 0 Å². The van der Waals surface area contributed by atoms with Crippen molar-refractivity contribution < 1.29 is 9.59 Å². The van der Waals surface area contributed by atoms with Gasteiger partial charge in [0.15, 0.2) is 0 Å². The van der Waals surface area contributed by atoms with Crippen LogP contribution < -0.4 is 10.6 Å². The van der Waals surface area contributed by atoms with Crippen LogP contribution in [0.3, 0.4) is 0 Å². The molecule has 1 fully saturated rings. The van der Waals surface area contributed by atoms with Gasteiger partial charge in [-0.1, -0.05) is 24.3 Å². The van der Waals surface area contributed by atoms with Crippen LogP contribution in [0, 0.1) is 0 Å². The summed E-state index contributed by atoms with van der Waals surface area (Å²) in [7, 11) is 0. The molecule has 3 rings (SSSR count). The smallest absolute Gasteiger partial charge is 0.252 e. The quantitative estimate of drug-likeness (QED) is 0.818. The molecule has 24 heavy (non-hydrogen) atoms. The number of hydrogen-bond donors (Lipinski definition) is 2. The van der Waals surface area contributed by atoms with E-state index in [9.17, 15) is 9.59 Å². The van der Waals surface area contributed by atoms with E-state index in [1.54, 1.807) is 30.3 Å². The van der Waals surface area contributed by atoms with Gasteiger partial charge in [0.05, 0.1) is 10.4 Å². The third kappa shape index (κ3) is 4.04. The largest absolute Gasteiger partial charge is 0.348 e. The molecule has 0 aliphatic carbocycles. The summed E-state index contributed by atoms with van der Waals surface area (Å²) >= 11 is 1.39. The predicted octanol–water partition coefficient (Wildman–Crippen LogP) is 3.27. The van der Waals surface area contributed by atoms with Crippen molar-refractivity contribution in [3.63, 3.8) is 0 Å². The lowest BCUT2D eigenvalue weighted by atomic mass is 9.97. The Morgan fingerprint density at radius 2 is 1.92 bits per heavy atom. The highest BCUT2D eigenvalue weighted by atomic mass is 35.5. The van der Waals surface area contributed by atoms with Crippen molar-refractivity contribution in [3.05, 3.63) is 57.8 Å². The molecule has 2 unspecified atom stereocenters. The Kier molecular flexibility index (Phi) is 6.54. The zero-order chi connectivity index (χ0) is 16.2. The first-order valence-electron chi connectivity index (χ1n) is 7.88. The molecule has 128 valence electrons. The number of piperidine rings is 1. The highest BCUT2D eigenvalue weighted by Crippen LogP contribution is 2.19.